The number of aliphatic hydroxyl groups excluding tert-OH is 1. The van der Waals surface area contributed by atoms with Crippen molar-refractivity contribution >= 4 is 22.6 Å². The molecule has 0 radical (unpaired) electrons. The fourth-order valence-corrected chi connectivity index (χ4v) is 3.88. The van der Waals surface area contributed by atoms with Crippen molar-refractivity contribution in [1.29, 1.82) is 0 Å². The monoisotopic (exact) mass is 379 g/mol. The predicted molar refractivity (Wildman–Crippen MR) is 94.2 cm³/mol. The molecule has 1 saturated carbocycles. The maximum absolute atomic E-state index is 15.5. The van der Waals surface area contributed by atoms with Crippen LogP contribution in [-0.2, 0) is 0 Å². The second-order valence-electron chi connectivity index (χ2n) is 7.13. The number of hydrogen-bond acceptors (Lipinski definition) is 5. The van der Waals surface area contributed by atoms with Crippen LogP contribution >= 0.6 is 0 Å². The molecule has 2 aliphatic rings. The zero-order valence-corrected chi connectivity index (χ0v) is 14.4. The molecule has 7 nitrogen and oxygen atoms in total. The molecule has 1 aromatic carbocycles. The molecule has 0 amide bonds. The van der Waals surface area contributed by atoms with Crippen molar-refractivity contribution in [2.75, 3.05) is 18.1 Å². The third-order valence-corrected chi connectivity index (χ3v) is 5.43. The van der Waals surface area contributed by atoms with Gasteiger partial charge in [-0.2, -0.15) is 0 Å². The summed E-state index contributed by atoms with van der Waals surface area (Å²) >= 11 is 0. The van der Waals surface area contributed by atoms with E-state index in [2.05, 4.69) is 0 Å². The molecule has 27 heavy (non-hydrogen) atoms. The summed E-state index contributed by atoms with van der Waals surface area (Å²) in [7, 11) is 0. The highest BCUT2D eigenvalue weighted by atomic mass is 19.1. The van der Waals surface area contributed by atoms with E-state index in [4.69, 9.17) is 5.73 Å². The van der Waals surface area contributed by atoms with E-state index >= 15 is 4.39 Å². The fraction of sp³-hybridized carbons (Fsp3) is 0.444. The molecule has 2 unspecified atom stereocenters. The number of nitrogens with zero attached hydrogens (tertiary/aromatic N) is 2. The Balaban J connectivity index is 2.01. The quantitative estimate of drug-likeness (QED) is 0.737. The Hall–Kier alpha value is -2.52. The highest BCUT2D eigenvalue weighted by Crippen LogP contribution is 2.40. The Morgan fingerprint density at radius 2 is 2.00 bits per heavy atom. The Bertz CT molecular complexity index is 1000. The van der Waals surface area contributed by atoms with Gasteiger partial charge in [-0.25, -0.2) is 13.6 Å². The van der Waals surface area contributed by atoms with E-state index in [1.165, 1.54) is 9.47 Å². The van der Waals surface area contributed by atoms with Crippen LogP contribution < -0.4 is 16.1 Å². The first kappa shape index (κ1) is 17.9. The van der Waals surface area contributed by atoms with Crippen LogP contribution in [0.5, 0.6) is 0 Å². The number of fused-ring (bicyclic) bond motifs is 1. The van der Waals surface area contributed by atoms with Gasteiger partial charge in [-0.15, -0.1) is 0 Å². The van der Waals surface area contributed by atoms with Gasteiger partial charge in [-0.05, 0) is 25.3 Å². The molecule has 4 N–H and O–H groups in total. The lowest BCUT2D eigenvalue weighted by molar-refractivity contribution is 0.0694. The van der Waals surface area contributed by atoms with E-state index in [9.17, 15) is 24.2 Å². The highest BCUT2D eigenvalue weighted by Gasteiger charge is 2.36. The van der Waals surface area contributed by atoms with Crippen LogP contribution in [0, 0.1) is 11.6 Å². The van der Waals surface area contributed by atoms with Crippen LogP contribution in [0.3, 0.4) is 0 Å². The van der Waals surface area contributed by atoms with Gasteiger partial charge in [-0.1, -0.05) is 0 Å². The molecule has 4 rings (SSSR count). The summed E-state index contributed by atoms with van der Waals surface area (Å²) in [5.41, 5.74) is 4.04. The zero-order chi connectivity index (χ0) is 19.5. The van der Waals surface area contributed by atoms with Gasteiger partial charge in [0.15, 0.2) is 5.82 Å². The molecule has 0 spiro atoms. The van der Waals surface area contributed by atoms with Gasteiger partial charge in [0.05, 0.1) is 23.6 Å². The number of anilines is 1. The van der Waals surface area contributed by atoms with Crippen LogP contribution in [0.4, 0.5) is 14.5 Å². The van der Waals surface area contributed by atoms with Crippen LogP contribution in [0.2, 0.25) is 0 Å². The van der Waals surface area contributed by atoms with Crippen molar-refractivity contribution in [3.8, 4) is 0 Å². The van der Waals surface area contributed by atoms with E-state index in [1.54, 1.807) is 0 Å². The van der Waals surface area contributed by atoms with Gasteiger partial charge < -0.3 is 25.4 Å². The predicted octanol–water partition coefficient (Wildman–Crippen LogP) is 1.21. The molecule has 1 saturated heterocycles. The number of carbonyl (C=O) groups is 1. The number of carboxylic acids is 1. The van der Waals surface area contributed by atoms with Crippen molar-refractivity contribution in [2.45, 2.75) is 37.4 Å². The SMILES string of the molecule is NC1CCN(c2c(F)cc3c(=O)c(C(=O)O)cn(C4CC4)c3c2F)C1CO. The minimum absolute atomic E-state index is 0.110. The molecule has 2 aromatic rings. The van der Waals surface area contributed by atoms with Gasteiger partial charge in [0.25, 0.3) is 0 Å². The summed E-state index contributed by atoms with van der Waals surface area (Å²) in [6.45, 7) is -0.0852. The second kappa shape index (κ2) is 6.28. The lowest BCUT2D eigenvalue weighted by atomic mass is 10.1. The smallest absolute Gasteiger partial charge is 0.341 e. The number of nitrogens with two attached hydrogens (primary N) is 1. The number of halogens is 2. The topological polar surface area (TPSA) is 109 Å². The Morgan fingerprint density at radius 1 is 1.30 bits per heavy atom. The number of benzene rings is 1. The Morgan fingerprint density at radius 3 is 2.59 bits per heavy atom. The van der Waals surface area contributed by atoms with Crippen LogP contribution in [0.15, 0.2) is 17.1 Å². The third kappa shape index (κ3) is 2.69. The van der Waals surface area contributed by atoms with Crippen molar-refractivity contribution in [3.05, 3.63) is 39.7 Å². The summed E-state index contributed by atoms with van der Waals surface area (Å²) in [4.78, 5) is 25.2. The normalized spacial score (nSPS) is 22.6. The van der Waals surface area contributed by atoms with E-state index in [1.807, 2.05) is 0 Å². The maximum Gasteiger partial charge on any atom is 0.341 e. The molecular formula is C18H19F2N3O4. The molecule has 0 bridgehead atoms. The summed E-state index contributed by atoms with van der Waals surface area (Å²) in [5, 5.41) is 18.5. The third-order valence-electron chi connectivity index (χ3n) is 5.43. The molecule has 1 aromatic heterocycles. The molecule has 2 fully saturated rings. The van der Waals surface area contributed by atoms with Crippen molar-refractivity contribution in [2.24, 2.45) is 5.73 Å². The zero-order valence-electron chi connectivity index (χ0n) is 14.4. The first-order valence-corrected chi connectivity index (χ1v) is 8.78. The van der Waals surface area contributed by atoms with Gasteiger partial charge in [0.1, 0.15) is 17.1 Å². The second-order valence-corrected chi connectivity index (χ2v) is 7.13. The van der Waals surface area contributed by atoms with Gasteiger partial charge in [0, 0.05) is 24.8 Å². The summed E-state index contributed by atoms with van der Waals surface area (Å²) < 4.78 is 31.7. The van der Waals surface area contributed by atoms with Crippen LogP contribution in [-0.4, -0.2) is 46.0 Å². The molecule has 1 aliphatic heterocycles. The molecule has 2 atom stereocenters. The van der Waals surface area contributed by atoms with Gasteiger partial charge in [-0.3, -0.25) is 4.79 Å². The number of hydrogen-bond donors (Lipinski definition) is 3. The van der Waals surface area contributed by atoms with Gasteiger partial charge >= 0.3 is 5.97 Å². The average molecular weight is 379 g/mol. The first-order chi connectivity index (χ1) is 12.8. The Labute approximate surface area is 152 Å². The van der Waals surface area contributed by atoms with Crippen molar-refractivity contribution < 1.29 is 23.8 Å². The number of aliphatic hydroxyl groups is 1. The minimum atomic E-state index is -1.44. The average Bonchev–Trinajstić information content (AvgIpc) is 3.39. The number of carboxylic acid groups (broad SMARTS) is 1. The van der Waals surface area contributed by atoms with Gasteiger partial charge in [0.2, 0.25) is 5.43 Å². The van der Waals surface area contributed by atoms with E-state index in [0.29, 0.717) is 6.42 Å². The molecule has 1 aliphatic carbocycles. The Kier molecular flexibility index (Phi) is 4.15. The molecular weight excluding hydrogens is 360 g/mol. The minimum Gasteiger partial charge on any atom is -0.477 e. The van der Waals surface area contributed by atoms with Crippen LogP contribution in [0.25, 0.3) is 10.9 Å². The number of rotatable bonds is 4. The summed E-state index contributed by atoms with van der Waals surface area (Å²) in [5.74, 6) is -3.35. The molecule has 144 valence electrons. The lowest BCUT2D eigenvalue weighted by Gasteiger charge is -2.28. The molecule has 2 heterocycles. The first-order valence-electron chi connectivity index (χ1n) is 8.78. The lowest BCUT2D eigenvalue weighted by Crippen LogP contribution is -2.43. The number of pyridine rings is 1. The standard InChI is InChI=1S/C18H19F2N3O4/c19-11-5-9-15(14(20)16(11)22-4-3-12(21)13(22)7-24)23(8-1-2-8)6-10(17(9)25)18(26)27/h5-6,8,12-13,24H,1-4,7,21H2,(H,26,27). The number of aromatic carboxylic acids is 1. The van der Waals surface area contributed by atoms with E-state index < -0.39 is 40.7 Å². The summed E-state index contributed by atoms with van der Waals surface area (Å²) in [6.07, 6.45) is 3.04. The van der Waals surface area contributed by atoms with Crippen LogP contribution in [0.1, 0.15) is 35.7 Å². The van der Waals surface area contributed by atoms with E-state index in [0.717, 1.165) is 25.1 Å². The van der Waals surface area contributed by atoms with E-state index in [-0.39, 0.29) is 35.8 Å². The fourth-order valence-electron chi connectivity index (χ4n) is 3.88. The number of aromatic nitrogens is 1. The van der Waals surface area contributed by atoms with Crippen molar-refractivity contribution in [1.82, 2.24) is 4.57 Å². The molecule has 9 heteroatoms. The highest BCUT2D eigenvalue weighted by molar-refractivity contribution is 5.94. The maximum atomic E-state index is 15.5. The van der Waals surface area contributed by atoms with Crippen molar-refractivity contribution in [3.63, 3.8) is 0 Å². The largest absolute Gasteiger partial charge is 0.477 e. The summed E-state index contributed by atoms with van der Waals surface area (Å²) in [6, 6.07) is -0.302.